The number of hydrogen-bond donors (Lipinski definition) is 1. The van der Waals surface area contributed by atoms with Crippen molar-refractivity contribution in [2.24, 2.45) is 0 Å². The number of nitrogens with one attached hydrogen (secondary N) is 1. The number of rotatable bonds is 1. The molecule has 0 aliphatic rings. The van der Waals surface area contributed by atoms with Crippen LogP contribution in [0, 0.1) is 0 Å². The predicted octanol–water partition coefficient (Wildman–Crippen LogP) is 1.95. The Bertz CT molecular complexity index is 40.5. The summed E-state index contributed by atoms with van der Waals surface area (Å²) in [5.41, 5.74) is 0. The van der Waals surface area contributed by atoms with Crippen molar-refractivity contribution in [3.8, 4) is 0 Å². The topological polar surface area (TPSA) is 12.0 Å². The van der Waals surface area contributed by atoms with Gasteiger partial charge in [-0.15, -0.1) is 0 Å². The Morgan fingerprint density at radius 3 is 1.50 bits per heavy atom. The first kappa shape index (κ1) is 9.07. The van der Waals surface area contributed by atoms with Crippen molar-refractivity contribution in [2.75, 3.05) is 7.05 Å². The Morgan fingerprint density at radius 2 is 1.50 bits per heavy atom. The molecular weight excluding hydrogens is 614 g/mol. The third-order valence-electron chi connectivity index (χ3n) is 0.283. The zero-order valence-corrected chi connectivity index (χ0v) is 13.5. The Hall–Kier alpha value is 3.07. The Labute approximate surface area is 69.8 Å². The van der Waals surface area contributed by atoms with Crippen molar-refractivity contribution in [3.05, 3.63) is 0 Å². The summed E-state index contributed by atoms with van der Waals surface area (Å²) in [4.78, 5) is 0. The van der Waals surface area contributed by atoms with E-state index >= 15 is 0 Å². The van der Waals surface area contributed by atoms with Crippen molar-refractivity contribution in [2.45, 2.75) is 0 Å². The molecule has 0 aromatic rings. The van der Waals surface area contributed by atoms with Gasteiger partial charge < -0.3 is 0 Å². The van der Waals surface area contributed by atoms with Crippen LogP contribution in [0.4, 0.5) is 0 Å². The predicted molar refractivity (Wildman–Crippen MR) is 56.9 cm³/mol. The molecule has 0 bridgehead atoms. The van der Waals surface area contributed by atoms with Gasteiger partial charge in [-0.3, -0.25) is 0 Å². The second-order valence-corrected chi connectivity index (χ2v) is 103. The fourth-order valence-corrected chi connectivity index (χ4v) is 0. The Kier molecular flexibility index (Phi) is 6.02. The van der Waals surface area contributed by atoms with Gasteiger partial charge in [0.2, 0.25) is 0 Å². The van der Waals surface area contributed by atoms with Gasteiger partial charge in [-0.05, 0) is 0 Å². The normalized spacial score (nSPS) is 12.0. The van der Waals surface area contributed by atoms with E-state index in [1.165, 1.54) is 0 Å². The molecule has 6 heavy (non-hydrogen) atoms. The molecule has 5 heteroatoms. The van der Waals surface area contributed by atoms with Crippen molar-refractivity contribution >= 4 is 61.9 Å². The molecule has 0 radical (unpaired) electrons. The van der Waals surface area contributed by atoms with Crippen molar-refractivity contribution in [3.63, 3.8) is 0 Å². The van der Waals surface area contributed by atoms with Crippen LogP contribution in [0.5, 0.6) is 0 Å². The summed E-state index contributed by atoms with van der Waals surface area (Å²) in [5, 5.41) is 0. The van der Waals surface area contributed by atoms with Crippen molar-refractivity contribution in [1.29, 1.82) is 0 Å². The van der Waals surface area contributed by atoms with Gasteiger partial charge in [0.15, 0.2) is 0 Å². The van der Waals surface area contributed by atoms with E-state index in [0.29, 0.717) is 0 Å². The summed E-state index contributed by atoms with van der Waals surface area (Å²) in [6, 6.07) is 0. The van der Waals surface area contributed by atoms with Crippen LogP contribution in [-0.4, -0.2) is 15.6 Å². The molecule has 0 amide bonds. The van der Waals surface area contributed by atoms with Crippen LogP contribution in [0.25, 0.3) is 0 Å². The monoisotopic (exact) mass is 619 g/mol. The SMILES string of the molecule is C[NH][Pb]([I])([I])[I]. The molecule has 38 valence electrons. The summed E-state index contributed by atoms with van der Waals surface area (Å²) < 4.78 is 3.29. The van der Waals surface area contributed by atoms with Crippen LogP contribution in [0.1, 0.15) is 0 Å². The van der Waals surface area contributed by atoms with E-state index in [9.17, 15) is 0 Å². The zero-order chi connectivity index (χ0) is 5.21. The number of hydrogen-bond acceptors (Lipinski definition) is 1. The first-order valence-electron chi connectivity index (χ1n) is 1.32. The van der Waals surface area contributed by atoms with Crippen LogP contribution in [0.2, 0.25) is 0 Å². The van der Waals surface area contributed by atoms with E-state index in [1.54, 1.807) is 0 Å². The van der Waals surface area contributed by atoms with Gasteiger partial charge in [-0.2, -0.15) is 0 Å². The number of halogens is 3. The molecule has 0 unspecified atom stereocenters. The minimum absolute atomic E-state index is 1.67. The molecule has 1 N–H and O–H groups in total. The van der Waals surface area contributed by atoms with Gasteiger partial charge in [0.25, 0.3) is 0 Å². The molecule has 1 nitrogen and oxygen atoms in total. The standard InChI is InChI=1S/CH4N.3HI.Pb/c1-2;;;;/h2H,1H3;3*1H;/q-1;;;;+4/p-3. The molecule has 0 aromatic heterocycles. The van der Waals surface area contributed by atoms with Crippen molar-refractivity contribution < 1.29 is 0 Å². The fourth-order valence-electron chi connectivity index (χ4n) is 0. The maximum atomic E-state index is 3.29. The zero-order valence-electron chi connectivity index (χ0n) is 3.13. The average molecular weight is 618 g/mol. The van der Waals surface area contributed by atoms with Gasteiger partial charge in [-0.25, -0.2) is 0 Å². The first-order valence-corrected chi connectivity index (χ1v) is 36.1. The third-order valence-corrected chi connectivity index (χ3v) is 16.7. The fraction of sp³-hybridized carbons (Fsp3) is 1.00. The maximum absolute atomic E-state index is 3.29. The van der Waals surface area contributed by atoms with E-state index in [-0.39, 0.29) is 0 Å². The molecule has 0 atom stereocenters. The minimum atomic E-state index is -1.67. The average Bonchev–Trinajstić information content (AvgIpc) is 1.35. The van der Waals surface area contributed by atoms with Gasteiger partial charge in [0.05, 0.1) is 0 Å². The van der Waals surface area contributed by atoms with Crippen LogP contribution in [0.3, 0.4) is 0 Å². The summed E-state index contributed by atoms with van der Waals surface area (Å²) in [5.74, 6) is 0. The van der Waals surface area contributed by atoms with Gasteiger partial charge in [0.1, 0.15) is 0 Å². The molecule has 0 aliphatic carbocycles. The van der Waals surface area contributed by atoms with Gasteiger partial charge in [0, 0.05) is 0 Å². The molecule has 0 heterocycles. The molecule has 0 spiro atoms. The second kappa shape index (κ2) is 3.98. The molecule has 0 rings (SSSR count). The van der Waals surface area contributed by atoms with E-state index in [2.05, 4.69) is 56.4 Å². The van der Waals surface area contributed by atoms with E-state index in [1.807, 2.05) is 7.05 Å². The quantitative estimate of drug-likeness (QED) is 0.351. The van der Waals surface area contributed by atoms with E-state index < -0.39 is 8.59 Å². The summed E-state index contributed by atoms with van der Waals surface area (Å²) in [7, 11) is 0.360. The molecule has 0 saturated heterocycles. The summed E-state index contributed by atoms with van der Waals surface area (Å²) >= 11 is 7.58. The summed E-state index contributed by atoms with van der Waals surface area (Å²) in [6.07, 6.45) is 0. The van der Waals surface area contributed by atoms with Crippen LogP contribution in [0.15, 0.2) is 0 Å². The second-order valence-electron chi connectivity index (χ2n) is 0.748. The molecule has 0 saturated carbocycles. The van der Waals surface area contributed by atoms with Crippen LogP contribution < -0.4 is 3.13 Å². The molecule has 0 aliphatic heterocycles. The van der Waals surface area contributed by atoms with Gasteiger partial charge in [-0.1, -0.05) is 0 Å². The van der Waals surface area contributed by atoms with Gasteiger partial charge >= 0.3 is 72.0 Å². The molecular formula is CH4I3NPb. The molecule has 0 aromatic carbocycles. The van der Waals surface area contributed by atoms with E-state index in [4.69, 9.17) is 0 Å². The Balaban J connectivity index is 3.17. The Morgan fingerprint density at radius 1 is 1.33 bits per heavy atom. The van der Waals surface area contributed by atoms with Crippen LogP contribution in [-0.2, 0) is 0 Å². The van der Waals surface area contributed by atoms with E-state index in [0.717, 1.165) is 0 Å². The molecule has 0 fully saturated rings. The van der Waals surface area contributed by atoms with Crippen molar-refractivity contribution in [1.82, 2.24) is 3.13 Å². The summed E-state index contributed by atoms with van der Waals surface area (Å²) in [6.45, 7) is 0. The van der Waals surface area contributed by atoms with Crippen LogP contribution >= 0.6 is 53.3 Å². The first-order chi connectivity index (χ1) is 2.56. The third kappa shape index (κ3) is 7.07.